The summed E-state index contributed by atoms with van der Waals surface area (Å²) in [5.41, 5.74) is 4.40. The number of carbonyl (C=O) groups is 1. The number of aromatic amines is 1. The molecule has 2 aromatic carbocycles. The Kier molecular flexibility index (Phi) is 6.86. The summed E-state index contributed by atoms with van der Waals surface area (Å²) in [6, 6.07) is 15.2. The van der Waals surface area contributed by atoms with Crippen LogP contribution in [0.4, 0.5) is 10.5 Å². The Labute approximate surface area is 170 Å². The molecule has 0 aliphatic heterocycles. The first kappa shape index (κ1) is 20.4. The highest BCUT2D eigenvalue weighted by Gasteiger charge is 2.13. The van der Waals surface area contributed by atoms with Crippen LogP contribution in [0.15, 0.2) is 54.7 Å². The van der Waals surface area contributed by atoms with Crippen molar-refractivity contribution in [2.24, 2.45) is 0 Å². The third-order valence-corrected chi connectivity index (χ3v) is 4.37. The van der Waals surface area contributed by atoms with Gasteiger partial charge in [0.15, 0.2) is 0 Å². The molecule has 7 nitrogen and oxygen atoms in total. The number of aromatic nitrogens is 2. The van der Waals surface area contributed by atoms with E-state index in [-0.39, 0.29) is 6.61 Å². The Morgan fingerprint density at radius 1 is 1.17 bits per heavy atom. The maximum absolute atomic E-state index is 12.3. The molecule has 0 bridgehead atoms. The molecule has 0 atom stereocenters. The fourth-order valence-corrected chi connectivity index (χ4v) is 2.76. The molecule has 3 rings (SSSR count). The lowest BCUT2D eigenvalue weighted by Gasteiger charge is -2.16. The van der Waals surface area contributed by atoms with Crippen molar-refractivity contribution in [2.75, 3.05) is 32.6 Å². The van der Waals surface area contributed by atoms with E-state index in [9.17, 15) is 4.79 Å². The average molecular weight is 394 g/mol. The zero-order chi connectivity index (χ0) is 20.6. The number of aryl methyl sites for hydroxylation is 1. The summed E-state index contributed by atoms with van der Waals surface area (Å²) in [5.74, 6) is 0.585. The highest BCUT2D eigenvalue weighted by molar-refractivity contribution is 5.87. The van der Waals surface area contributed by atoms with Gasteiger partial charge < -0.3 is 14.4 Å². The molecule has 3 aromatic rings. The van der Waals surface area contributed by atoms with Crippen LogP contribution in [-0.4, -0.2) is 48.4 Å². The molecule has 0 unspecified atom stereocenters. The van der Waals surface area contributed by atoms with Gasteiger partial charge in [0.2, 0.25) is 0 Å². The van der Waals surface area contributed by atoms with Crippen molar-refractivity contribution < 1.29 is 14.3 Å². The molecular weight excluding hydrogens is 368 g/mol. The molecule has 0 aliphatic rings. The Balaban J connectivity index is 1.73. The number of rotatable bonds is 8. The first-order chi connectivity index (χ1) is 14.0. The van der Waals surface area contributed by atoms with E-state index in [0.29, 0.717) is 18.0 Å². The minimum Gasteiger partial charge on any atom is -0.490 e. The van der Waals surface area contributed by atoms with Crippen molar-refractivity contribution in [2.45, 2.75) is 13.5 Å². The van der Waals surface area contributed by atoms with Crippen molar-refractivity contribution in [3.05, 3.63) is 66.0 Å². The molecule has 152 valence electrons. The third kappa shape index (κ3) is 5.83. The predicted molar refractivity (Wildman–Crippen MR) is 113 cm³/mol. The van der Waals surface area contributed by atoms with Gasteiger partial charge in [-0.2, -0.15) is 5.10 Å². The van der Waals surface area contributed by atoms with Crippen molar-refractivity contribution in [3.8, 4) is 16.9 Å². The van der Waals surface area contributed by atoms with Crippen LogP contribution in [0.5, 0.6) is 5.75 Å². The van der Waals surface area contributed by atoms with Gasteiger partial charge in [0.25, 0.3) is 0 Å². The SMILES string of the molecule is Cc1[nH]ncc1-c1ccc(NC(=O)OCc2ccccc2)c(OCCN(C)C)c1. The minimum absolute atomic E-state index is 0.204. The van der Waals surface area contributed by atoms with Crippen molar-refractivity contribution >= 4 is 11.8 Å². The maximum atomic E-state index is 12.3. The first-order valence-corrected chi connectivity index (χ1v) is 9.42. The van der Waals surface area contributed by atoms with Crippen LogP contribution in [0.25, 0.3) is 11.1 Å². The molecule has 0 saturated heterocycles. The van der Waals surface area contributed by atoms with Gasteiger partial charge in [0.05, 0.1) is 11.9 Å². The van der Waals surface area contributed by atoms with Crippen molar-refractivity contribution in [1.82, 2.24) is 15.1 Å². The number of ether oxygens (including phenoxy) is 2. The Morgan fingerprint density at radius 2 is 1.97 bits per heavy atom. The number of benzene rings is 2. The predicted octanol–water partition coefficient (Wildman–Crippen LogP) is 4.07. The summed E-state index contributed by atoms with van der Waals surface area (Å²) in [6.45, 7) is 3.42. The van der Waals surface area contributed by atoms with Gasteiger partial charge in [-0.25, -0.2) is 4.79 Å². The Bertz CT molecular complexity index is 938. The summed E-state index contributed by atoms with van der Waals surface area (Å²) in [4.78, 5) is 14.3. The van der Waals surface area contributed by atoms with E-state index in [1.54, 1.807) is 6.20 Å². The second-order valence-electron chi connectivity index (χ2n) is 6.96. The molecule has 0 spiro atoms. The lowest BCUT2D eigenvalue weighted by atomic mass is 10.1. The Hall–Kier alpha value is -3.32. The van der Waals surface area contributed by atoms with Gasteiger partial charge in [-0.1, -0.05) is 36.4 Å². The number of nitrogens with one attached hydrogen (secondary N) is 2. The number of hydrogen-bond donors (Lipinski definition) is 2. The maximum Gasteiger partial charge on any atom is 0.412 e. The fourth-order valence-electron chi connectivity index (χ4n) is 2.76. The zero-order valence-electron chi connectivity index (χ0n) is 16.9. The molecule has 1 heterocycles. The third-order valence-electron chi connectivity index (χ3n) is 4.37. The van der Waals surface area contributed by atoms with Gasteiger partial charge in [0, 0.05) is 17.8 Å². The van der Waals surface area contributed by atoms with Crippen LogP contribution in [0.3, 0.4) is 0 Å². The number of anilines is 1. The number of hydrogen-bond acceptors (Lipinski definition) is 5. The van der Waals surface area contributed by atoms with Crippen LogP contribution in [-0.2, 0) is 11.3 Å². The second-order valence-corrected chi connectivity index (χ2v) is 6.96. The summed E-state index contributed by atoms with van der Waals surface area (Å²) in [7, 11) is 3.96. The second kappa shape index (κ2) is 9.75. The standard InChI is InChI=1S/C22H26N4O3/c1-16-19(14-23-25-16)18-9-10-20(21(13-18)28-12-11-26(2)3)24-22(27)29-15-17-7-5-4-6-8-17/h4-10,13-14H,11-12,15H2,1-3H3,(H,23,25)(H,24,27). The minimum atomic E-state index is -0.529. The van der Waals surface area contributed by atoms with E-state index >= 15 is 0 Å². The van der Waals surface area contributed by atoms with Crippen LogP contribution in [0, 0.1) is 6.92 Å². The lowest BCUT2D eigenvalue weighted by molar-refractivity contribution is 0.155. The van der Waals surface area contributed by atoms with Crippen LogP contribution in [0.1, 0.15) is 11.3 Å². The van der Waals surface area contributed by atoms with Crippen LogP contribution < -0.4 is 10.1 Å². The highest BCUT2D eigenvalue weighted by atomic mass is 16.5. The molecule has 7 heteroatoms. The van der Waals surface area contributed by atoms with Crippen molar-refractivity contribution in [3.63, 3.8) is 0 Å². The van der Waals surface area contributed by atoms with E-state index in [1.165, 1.54) is 0 Å². The fraction of sp³-hybridized carbons (Fsp3) is 0.273. The molecule has 0 radical (unpaired) electrons. The molecule has 0 aliphatic carbocycles. The monoisotopic (exact) mass is 394 g/mol. The van der Waals surface area contributed by atoms with Gasteiger partial charge in [-0.05, 0) is 44.3 Å². The summed E-state index contributed by atoms with van der Waals surface area (Å²) >= 11 is 0. The largest absolute Gasteiger partial charge is 0.490 e. The average Bonchev–Trinajstić information content (AvgIpc) is 3.14. The van der Waals surface area contributed by atoms with E-state index in [2.05, 4.69) is 15.5 Å². The van der Waals surface area contributed by atoms with E-state index in [0.717, 1.165) is 28.9 Å². The first-order valence-electron chi connectivity index (χ1n) is 9.42. The summed E-state index contributed by atoms with van der Waals surface area (Å²) < 4.78 is 11.3. The summed E-state index contributed by atoms with van der Waals surface area (Å²) in [6.07, 6.45) is 1.24. The smallest absolute Gasteiger partial charge is 0.412 e. The van der Waals surface area contributed by atoms with Crippen LogP contribution in [0.2, 0.25) is 0 Å². The highest BCUT2D eigenvalue weighted by Crippen LogP contribution is 2.32. The molecule has 0 fully saturated rings. The molecule has 29 heavy (non-hydrogen) atoms. The molecule has 2 N–H and O–H groups in total. The van der Waals surface area contributed by atoms with E-state index in [1.807, 2.05) is 74.4 Å². The number of amides is 1. The van der Waals surface area contributed by atoms with Gasteiger partial charge in [-0.15, -0.1) is 0 Å². The molecule has 1 aromatic heterocycles. The lowest BCUT2D eigenvalue weighted by Crippen LogP contribution is -2.20. The quantitative estimate of drug-likeness (QED) is 0.602. The van der Waals surface area contributed by atoms with Crippen molar-refractivity contribution in [1.29, 1.82) is 0 Å². The van der Waals surface area contributed by atoms with Gasteiger partial charge in [0.1, 0.15) is 19.0 Å². The number of nitrogens with zero attached hydrogens (tertiary/aromatic N) is 2. The topological polar surface area (TPSA) is 79.5 Å². The van der Waals surface area contributed by atoms with E-state index < -0.39 is 6.09 Å². The van der Waals surface area contributed by atoms with Crippen LogP contribution >= 0.6 is 0 Å². The normalized spacial score (nSPS) is 10.8. The van der Waals surface area contributed by atoms with E-state index in [4.69, 9.17) is 9.47 Å². The number of carbonyl (C=O) groups excluding carboxylic acids is 1. The number of likely N-dealkylation sites (N-methyl/N-ethyl adjacent to an activating group) is 1. The Morgan fingerprint density at radius 3 is 2.66 bits per heavy atom. The number of H-pyrrole nitrogens is 1. The molecule has 1 amide bonds. The molecule has 0 saturated carbocycles. The molecular formula is C22H26N4O3. The summed E-state index contributed by atoms with van der Waals surface area (Å²) in [5, 5.41) is 9.79. The van der Waals surface area contributed by atoms with Gasteiger partial charge in [-0.3, -0.25) is 10.4 Å². The zero-order valence-corrected chi connectivity index (χ0v) is 16.9. The van der Waals surface area contributed by atoms with Gasteiger partial charge >= 0.3 is 6.09 Å².